The van der Waals surface area contributed by atoms with Gasteiger partial charge in [0, 0.05) is 32.7 Å². The Morgan fingerprint density at radius 3 is 2.43 bits per heavy atom. The molecule has 0 radical (unpaired) electrons. The van der Waals surface area contributed by atoms with Crippen LogP contribution in [0.1, 0.15) is 5.56 Å². The van der Waals surface area contributed by atoms with Crippen molar-refractivity contribution < 1.29 is 13.2 Å². The predicted molar refractivity (Wildman–Crippen MR) is 122 cm³/mol. The average Bonchev–Trinajstić information content (AvgIpc) is 3.31. The molecule has 1 fully saturated rings. The van der Waals surface area contributed by atoms with Crippen LogP contribution in [-0.4, -0.2) is 46.6 Å². The van der Waals surface area contributed by atoms with Crippen LogP contribution >= 0.6 is 11.3 Å². The van der Waals surface area contributed by atoms with Gasteiger partial charge in [-0.1, -0.05) is 36.4 Å². The van der Waals surface area contributed by atoms with E-state index in [1.54, 1.807) is 30.7 Å². The number of hydrogen-bond acceptors (Lipinski definition) is 6. The Labute approximate surface area is 181 Å². The maximum absolute atomic E-state index is 12.6. The summed E-state index contributed by atoms with van der Waals surface area (Å²) in [5.74, 6) is 0.741. The zero-order valence-electron chi connectivity index (χ0n) is 16.8. The zero-order chi connectivity index (χ0) is 21.0. The maximum atomic E-state index is 12.6. The summed E-state index contributed by atoms with van der Waals surface area (Å²) in [6, 6.07) is 19.2. The minimum atomic E-state index is -3.58. The number of benzene rings is 2. The number of anilines is 2. The molecule has 0 atom stereocenters. The van der Waals surface area contributed by atoms with Crippen molar-refractivity contribution in [2.24, 2.45) is 0 Å². The molecule has 0 aliphatic carbocycles. The van der Waals surface area contributed by atoms with Crippen molar-refractivity contribution >= 4 is 32.7 Å². The van der Waals surface area contributed by atoms with Gasteiger partial charge in [0.2, 0.25) is 0 Å². The van der Waals surface area contributed by atoms with Crippen molar-refractivity contribution in [2.75, 3.05) is 42.9 Å². The summed E-state index contributed by atoms with van der Waals surface area (Å²) in [5.41, 5.74) is 2.75. The van der Waals surface area contributed by atoms with Crippen LogP contribution in [0.2, 0.25) is 0 Å². The average molecular weight is 444 g/mol. The molecule has 0 amide bonds. The SMILES string of the molecule is COc1ccc(NS(=O)(=O)c2cccs2)cc1N1CCN(Cc2ccccc2)CC1. The Kier molecular flexibility index (Phi) is 6.26. The van der Waals surface area contributed by atoms with Gasteiger partial charge in [0.15, 0.2) is 0 Å². The molecule has 0 spiro atoms. The smallest absolute Gasteiger partial charge is 0.271 e. The van der Waals surface area contributed by atoms with Gasteiger partial charge in [-0.15, -0.1) is 11.3 Å². The van der Waals surface area contributed by atoms with Crippen molar-refractivity contribution in [3.8, 4) is 5.75 Å². The molecule has 0 saturated carbocycles. The van der Waals surface area contributed by atoms with E-state index in [1.807, 2.05) is 18.2 Å². The third-order valence-corrected chi connectivity index (χ3v) is 7.93. The molecule has 1 saturated heterocycles. The molecule has 6 nitrogen and oxygen atoms in total. The molecule has 1 N–H and O–H groups in total. The number of nitrogens with one attached hydrogen (secondary N) is 1. The molecule has 2 aromatic carbocycles. The molecular formula is C22H25N3O3S2. The Bertz CT molecular complexity index is 1060. The summed E-state index contributed by atoms with van der Waals surface area (Å²) >= 11 is 1.20. The van der Waals surface area contributed by atoms with Crippen LogP contribution in [0.4, 0.5) is 11.4 Å². The molecule has 1 aliphatic rings. The number of methoxy groups -OCH3 is 1. The molecule has 1 aliphatic heterocycles. The third kappa shape index (κ3) is 4.77. The van der Waals surface area contributed by atoms with E-state index < -0.39 is 10.0 Å². The van der Waals surface area contributed by atoms with Gasteiger partial charge >= 0.3 is 0 Å². The zero-order valence-corrected chi connectivity index (χ0v) is 18.5. The minimum Gasteiger partial charge on any atom is -0.495 e. The summed E-state index contributed by atoms with van der Waals surface area (Å²) in [5, 5.41) is 1.75. The van der Waals surface area contributed by atoms with E-state index in [9.17, 15) is 8.42 Å². The predicted octanol–water partition coefficient (Wildman–Crippen LogP) is 3.88. The molecule has 8 heteroatoms. The van der Waals surface area contributed by atoms with E-state index in [2.05, 4.69) is 38.8 Å². The highest BCUT2D eigenvalue weighted by Crippen LogP contribution is 2.33. The minimum absolute atomic E-state index is 0.300. The first-order valence-corrected chi connectivity index (χ1v) is 12.2. The molecule has 0 unspecified atom stereocenters. The molecule has 2 heterocycles. The van der Waals surface area contributed by atoms with Crippen LogP contribution in [0.25, 0.3) is 0 Å². The van der Waals surface area contributed by atoms with Gasteiger partial charge in [-0.2, -0.15) is 0 Å². The van der Waals surface area contributed by atoms with Gasteiger partial charge in [0.1, 0.15) is 9.96 Å². The van der Waals surface area contributed by atoms with E-state index in [4.69, 9.17) is 4.74 Å². The highest BCUT2D eigenvalue weighted by Gasteiger charge is 2.22. The second kappa shape index (κ2) is 9.07. The lowest BCUT2D eigenvalue weighted by Gasteiger charge is -2.36. The molecule has 158 valence electrons. The van der Waals surface area contributed by atoms with Gasteiger partial charge < -0.3 is 9.64 Å². The first kappa shape index (κ1) is 20.7. The number of hydrogen-bond donors (Lipinski definition) is 1. The van der Waals surface area contributed by atoms with E-state index in [-0.39, 0.29) is 0 Å². The first-order valence-electron chi connectivity index (χ1n) is 9.81. The number of nitrogens with zero attached hydrogens (tertiary/aromatic N) is 2. The number of ether oxygens (including phenoxy) is 1. The number of piperazine rings is 1. The highest BCUT2D eigenvalue weighted by molar-refractivity contribution is 7.94. The summed E-state index contributed by atoms with van der Waals surface area (Å²) in [7, 11) is -1.94. The number of thiophene rings is 1. The Morgan fingerprint density at radius 1 is 1.00 bits per heavy atom. The van der Waals surface area contributed by atoms with E-state index in [0.29, 0.717) is 9.90 Å². The van der Waals surface area contributed by atoms with E-state index in [1.165, 1.54) is 16.9 Å². The summed E-state index contributed by atoms with van der Waals surface area (Å²) in [6.07, 6.45) is 0. The maximum Gasteiger partial charge on any atom is 0.271 e. The Hall–Kier alpha value is -2.55. The quantitative estimate of drug-likeness (QED) is 0.601. The van der Waals surface area contributed by atoms with E-state index >= 15 is 0 Å². The highest BCUT2D eigenvalue weighted by atomic mass is 32.2. The lowest BCUT2D eigenvalue weighted by atomic mass is 10.1. The van der Waals surface area contributed by atoms with Crippen LogP contribution < -0.4 is 14.4 Å². The van der Waals surface area contributed by atoms with Crippen molar-refractivity contribution in [2.45, 2.75) is 10.8 Å². The van der Waals surface area contributed by atoms with Crippen molar-refractivity contribution in [3.63, 3.8) is 0 Å². The second-order valence-corrected chi connectivity index (χ2v) is 10.0. The molecule has 0 bridgehead atoms. The monoisotopic (exact) mass is 443 g/mol. The molecule has 30 heavy (non-hydrogen) atoms. The van der Waals surface area contributed by atoms with E-state index in [0.717, 1.165) is 44.2 Å². The second-order valence-electron chi connectivity index (χ2n) is 7.17. The fourth-order valence-electron chi connectivity index (χ4n) is 3.61. The van der Waals surface area contributed by atoms with Gasteiger partial charge in [0.25, 0.3) is 10.0 Å². The molecule has 3 aromatic rings. The molecule has 1 aromatic heterocycles. The largest absolute Gasteiger partial charge is 0.495 e. The Morgan fingerprint density at radius 2 is 1.77 bits per heavy atom. The van der Waals surface area contributed by atoms with Gasteiger partial charge in [-0.3, -0.25) is 9.62 Å². The number of sulfonamides is 1. The lowest BCUT2D eigenvalue weighted by Crippen LogP contribution is -2.46. The normalized spacial score (nSPS) is 15.2. The van der Waals surface area contributed by atoms with Crippen molar-refractivity contribution in [1.82, 2.24) is 4.90 Å². The van der Waals surface area contributed by atoms with Crippen LogP contribution in [0.5, 0.6) is 5.75 Å². The summed E-state index contributed by atoms with van der Waals surface area (Å²) in [4.78, 5) is 4.69. The van der Waals surface area contributed by atoms with Crippen LogP contribution in [0.15, 0.2) is 70.3 Å². The van der Waals surface area contributed by atoms with Gasteiger partial charge in [0.05, 0.1) is 18.5 Å². The van der Waals surface area contributed by atoms with Gasteiger partial charge in [-0.25, -0.2) is 8.42 Å². The van der Waals surface area contributed by atoms with Crippen molar-refractivity contribution in [3.05, 3.63) is 71.6 Å². The summed E-state index contributed by atoms with van der Waals surface area (Å²) in [6.45, 7) is 4.51. The van der Waals surface area contributed by atoms with Crippen molar-refractivity contribution in [1.29, 1.82) is 0 Å². The lowest BCUT2D eigenvalue weighted by molar-refractivity contribution is 0.249. The fraction of sp³-hybridized carbons (Fsp3) is 0.273. The van der Waals surface area contributed by atoms with Crippen LogP contribution in [0.3, 0.4) is 0 Å². The topological polar surface area (TPSA) is 61.9 Å². The van der Waals surface area contributed by atoms with Crippen LogP contribution in [-0.2, 0) is 16.6 Å². The standard InChI is InChI=1S/C22H25N3O3S2/c1-28-21-10-9-19(23-30(26,27)22-8-5-15-29-22)16-20(21)25-13-11-24(12-14-25)17-18-6-3-2-4-7-18/h2-10,15-16,23H,11-14,17H2,1H3. The van der Waals surface area contributed by atoms with Crippen LogP contribution in [0, 0.1) is 0 Å². The first-order chi connectivity index (χ1) is 14.5. The van der Waals surface area contributed by atoms with Gasteiger partial charge in [-0.05, 0) is 35.2 Å². The fourth-order valence-corrected chi connectivity index (χ4v) is 5.65. The molecule has 4 rings (SSSR count). The summed E-state index contributed by atoms with van der Waals surface area (Å²) < 4.78 is 33.7. The number of rotatable bonds is 7. The molecular weight excluding hydrogens is 418 g/mol. The Balaban J connectivity index is 1.46. The third-order valence-electron chi connectivity index (χ3n) is 5.15.